The Morgan fingerprint density at radius 3 is 2.88 bits per heavy atom. The van der Waals surface area contributed by atoms with E-state index in [4.69, 9.17) is 4.42 Å². The molecule has 1 N–H and O–H groups in total. The number of carbonyl (C=O) groups is 2. The van der Waals surface area contributed by atoms with Crippen molar-refractivity contribution in [3.05, 3.63) is 83.6 Å². The van der Waals surface area contributed by atoms with Gasteiger partial charge in [-0.1, -0.05) is 12.1 Å². The number of nitrogens with one attached hydrogen (secondary N) is 1. The Hall–Kier alpha value is -3.41. The number of amides is 1. The van der Waals surface area contributed by atoms with E-state index in [-0.39, 0.29) is 11.7 Å². The molecule has 1 atom stereocenters. The Balaban J connectivity index is 1.69. The fourth-order valence-electron chi connectivity index (χ4n) is 3.10. The molecule has 0 fully saturated rings. The summed E-state index contributed by atoms with van der Waals surface area (Å²) in [6, 6.07) is 14.4. The fourth-order valence-corrected chi connectivity index (χ4v) is 3.10. The zero-order valence-corrected chi connectivity index (χ0v) is 14.2. The van der Waals surface area contributed by atoms with Crippen molar-refractivity contribution in [3.8, 4) is 0 Å². The van der Waals surface area contributed by atoms with Crippen LogP contribution >= 0.6 is 0 Å². The minimum absolute atomic E-state index is 0.0119. The Bertz CT molecular complexity index is 966. The number of nitrogens with zero attached hydrogens (tertiary/aromatic N) is 2. The predicted octanol–water partition coefficient (Wildman–Crippen LogP) is 3.64. The molecule has 3 aromatic rings. The summed E-state index contributed by atoms with van der Waals surface area (Å²) < 4.78 is 5.40. The van der Waals surface area contributed by atoms with Gasteiger partial charge in [0.2, 0.25) is 0 Å². The average Bonchev–Trinajstić information content (AvgIpc) is 3.25. The highest BCUT2D eigenvalue weighted by molar-refractivity contribution is 5.99. The number of Topliss-reactive ketones (excluding diaryl/α,β-unsaturated/α-hetero) is 1. The zero-order chi connectivity index (χ0) is 18.1. The van der Waals surface area contributed by atoms with Crippen LogP contribution in [0.3, 0.4) is 0 Å². The molecule has 4 rings (SSSR count). The van der Waals surface area contributed by atoms with Crippen LogP contribution in [0.5, 0.6) is 0 Å². The third-order valence-corrected chi connectivity index (χ3v) is 4.38. The summed E-state index contributed by atoms with van der Waals surface area (Å²) in [7, 11) is 0. The summed E-state index contributed by atoms with van der Waals surface area (Å²) in [5.74, 6) is 0.572. The number of carbonyl (C=O) groups excluding carboxylic acids is 2. The average molecular weight is 347 g/mol. The number of aromatic nitrogens is 1. The second-order valence-corrected chi connectivity index (χ2v) is 6.13. The maximum atomic E-state index is 12.8. The number of ketones is 1. The molecule has 1 aromatic carbocycles. The molecule has 6 nitrogen and oxygen atoms in total. The number of hydrogen-bond donors (Lipinski definition) is 1. The highest BCUT2D eigenvalue weighted by atomic mass is 16.3. The van der Waals surface area contributed by atoms with Crippen LogP contribution in [0, 0.1) is 0 Å². The number of fused-ring (bicyclic) bond motifs is 1. The summed E-state index contributed by atoms with van der Waals surface area (Å²) in [6.45, 7) is 1.85. The largest absolute Gasteiger partial charge is 0.467 e. The Labute approximate surface area is 150 Å². The Kier molecular flexibility index (Phi) is 4.01. The van der Waals surface area contributed by atoms with E-state index in [2.05, 4.69) is 10.3 Å². The molecule has 1 aliphatic heterocycles. The molecule has 1 aliphatic rings. The fraction of sp³-hybridized carbons (Fsp3) is 0.150. The van der Waals surface area contributed by atoms with E-state index in [9.17, 15) is 9.59 Å². The highest BCUT2D eigenvalue weighted by Gasteiger charge is 2.38. The standard InChI is InChI=1S/C20H17N3O3/c1-13(24)14-5-2-6-15(11-14)22-19-18-17(8-3-9-21-18)20(25)23(19)12-16-7-4-10-26-16/h2-11,19,22H,12H2,1H3/t19-/m0/s1. The van der Waals surface area contributed by atoms with Crippen LogP contribution in [0.2, 0.25) is 0 Å². The molecule has 0 spiro atoms. The van der Waals surface area contributed by atoms with Crippen molar-refractivity contribution in [3.63, 3.8) is 0 Å². The molecule has 1 amide bonds. The van der Waals surface area contributed by atoms with Gasteiger partial charge in [0.05, 0.1) is 24.1 Å². The molecule has 6 heteroatoms. The Morgan fingerprint density at radius 1 is 1.23 bits per heavy atom. The van der Waals surface area contributed by atoms with Gasteiger partial charge in [0, 0.05) is 17.4 Å². The van der Waals surface area contributed by atoms with Crippen molar-refractivity contribution in [2.75, 3.05) is 5.32 Å². The number of benzene rings is 1. The second kappa shape index (κ2) is 6.48. The van der Waals surface area contributed by atoms with Gasteiger partial charge in [-0.05, 0) is 43.3 Å². The zero-order valence-electron chi connectivity index (χ0n) is 14.2. The second-order valence-electron chi connectivity index (χ2n) is 6.13. The van der Waals surface area contributed by atoms with Gasteiger partial charge in [-0.15, -0.1) is 0 Å². The first-order valence-corrected chi connectivity index (χ1v) is 8.29. The molecular formula is C20H17N3O3. The van der Waals surface area contributed by atoms with Crippen molar-refractivity contribution >= 4 is 17.4 Å². The topological polar surface area (TPSA) is 75.4 Å². The smallest absolute Gasteiger partial charge is 0.258 e. The minimum atomic E-state index is -0.439. The van der Waals surface area contributed by atoms with Crippen molar-refractivity contribution in [1.29, 1.82) is 0 Å². The molecule has 130 valence electrons. The first-order chi connectivity index (χ1) is 12.6. The third kappa shape index (κ3) is 2.86. The Morgan fingerprint density at radius 2 is 2.12 bits per heavy atom. The number of pyridine rings is 1. The van der Waals surface area contributed by atoms with Gasteiger partial charge in [0.1, 0.15) is 11.9 Å². The predicted molar refractivity (Wildman–Crippen MR) is 95.6 cm³/mol. The van der Waals surface area contributed by atoms with E-state index < -0.39 is 6.17 Å². The summed E-state index contributed by atoms with van der Waals surface area (Å²) in [6.07, 6.45) is 2.81. The maximum absolute atomic E-state index is 12.8. The first kappa shape index (κ1) is 16.1. The van der Waals surface area contributed by atoms with Gasteiger partial charge in [-0.25, -0.2) is 0 Å². The van der Waals surface area contributed by atoms with Gasteiger partial charge in [-0.2, -0.15) is 0 Å². The van der Waals surface area contributed by atoms with Crippen LogP contribution in [-0.4, -0.2) is 21.6 Å². The van der Waals surface area contributed by atoms with Crippen LogP contribution in [0.4, 0.5) is 5.69 Å². The number of hydrogen-bond acceptors (Lipinski definition) is 5. The van der Waals surface area contributed by atoms with Gasteiger partial charge >= 0.3 is 0 Å². The van der Waals surface area contributed by atoms with Gasteiger partial charge in [-0.3, -0.25) is 14.6 Å². The molecule has 0 aliphatic carbocycles. The molecule has 0 bridgehead atoms. The molecule has 26 heavy (non-hydrogen) atoms. The number of anilines is 1. The number of furan rings is 1. The van der Waals surface area contributed by atoms with Crippen LogP contribution in [0.15, 0.2) is 65.4 Å². The van der Waals surface area contributed by atoms with E-state index in [1.807, 2.05) is 18.2 Å². The molecular weight excluding hydrogens is 330 g/mol. The molecule has 0 radical (unpaired) electrons. The monoisotopic (exact) mass is 347 g/mol. The summed E-state index contributed by atoms with van der Waals surface area (Å²) >= 11 is 0. The van der Waals surface area contributed by atoms with Crippen molar-refractivity contribution in [2.45, 2.75) is 19.6 Å². The molecule has 0 unspecified atom stereocenters. The van der Waals surface area contributed by atoms with Crippen LogP contribution in [0.1, 0.15) is 45.3 Å². The van der Waals surface area contributed by atoms with E-state index in [0.717, 1.165) is 5.69 Å². The molecule has 0 saturated heterocycles. The first-order valence-electron chi connectivity index (χ1n) is 8.29. The summed E-state index contributed by atoms with van der Waals surface area (Å²) in [4.78, 5) is 30.6. The van der Waals surface area contributed by atoms with E-state index in [1.54, 1.807) is 47.7 Å². The molecule has 3 heterocycles. The summed E-state index contributed by atoms with van der Waals surface area (Å²) in [5, 5.41) is 3.33. The van der Waals surface area contributed by atoms with Crippen molar-refractivity contribution in [2.24, 2.45) is 0 Å². The minimum Gasteiger partial charge on any atom is -0.467 e. The SMILES string of the molecule is CC(=O)c1cccc(N[C@@H]2c3ncccc3C(=O)N2Cc2ccco2)c1. The lowest BCUT2D eigenvalue weighted by molar-refractivity contribution is 0.0714. The van der Waals surface area contributed by atoms with Crippen molar-refractivity contribution < 1.29 is 14.0 Å². The van der Waals surface area contributed by atoms with E-state index in [0.29, 0.717) is 29.1 Å². The normalized spacial score (nSPS) is 15.8. The summed E-state index contributed by atoms with van der Waals surface area (Å²) in [5.41, 5.74) is 2.59. The van der Waals surface area contributed by atoms with E-state index in [1.165, 1.54) is 6.92 Å². The lowest BCUT2D eigenvalue weighted by atomic mass is 10.1. The van der Waals surface area contributed by atoms with Crippen molar-refractivity contribution in [1.82, 2.24) is 9.88 Å². The van der Waals surface area contributed by atoms with Crippen LogP contribution < -0.4 is 5.32 Å². The third-order valence-electron chi connectivity index (χ3n) is 4.38. The molecule has 2 aromatic heterocycles. The highest BCUT2D eigenvalue weighted by Crippen LogP contribution is 2.34. The number of rotatable bonds is 5. The van der Waals surface area contributed by atoms with Gasteiger partial charge < -0.3 is 14.6 Å². The maximum Gasteiger partial charge on any atom is 0.258 e. The van der Waals surface area contributed by atoms with Crippen LogP contribution in [-0.2, 0) is 6.54 Å². The van der Waals surface area contributed by atoms with Gasteiger partial charge in [0.15, 0.2) is 5.78 Å². The van der Waals surface area contributed by atoms with Crippen LogP contribution in [0.25, 0.3) is 0 Å². The molecule has 0 saturated carbocycles. The van der Waals surface area contributed by atoms with Gasteiger partial charge in [0.25, 0.3) is 5.91 Å². The quantitative estimate of drug-likeness (QED) is 0.713. The lowest BCUT2D eigenvalue weighted by Crippen LogP contribution is -2.32. The van der Waals surface area contributed by atoms with E-state index >= 15 is 0 Å². The lowest BCUT2D eigenvalue weighted by Gasteiger charge is -2.25.